The van der Waals surface area contributed by atoms with Crippen LogP contribution in [0.1, 0.15) is 31.4 Å². The topological polar surface area (TPSA) is 70.2 Å². The molecule has 0 radical (unpaired) electrons. The van der Waals surface area contributed by atoms with Gasteiger partial charge in [-0.2, -0.15) is 0 Å². The molecule has 0 saturated heterocycles. The van der Waals surface area contributed by atoms with Crippen molar-refractivity contribution in [2.75, 3.05) is 6.54 Å². The van der Waals surface area contributed by atoms with Crippen LogP contribution in [-0.4, -0.2) is 24.4 Å². The van der Waals surface area contributed by atoms with Crippen LogP contribution in [0, 0.1) is 5.92 Å². The Kier molecular flexibility index (Phi) is 8.52. The van der Waals surface area contributed by atoms with E-state index in [0.29, 0.717) is 25.4 Å². The van der Waals surface area contributed by atoms with Crippen LogP contribution >= 0.6 is 0 Å². The molecule has 144 valence electrons. The fraction of sp³-hybridized carbons (Fsp3) is 0.364. The van der Waals surface area contributed by atoms with Crippen LogP contribution in [0.2, 0.25) is 0 Å². The molecule has 2 rings (SSSR count). The number of carbonyl (C=O) groups excluding carboxylic acids is 2. The van der Waals surface area contributed by atoms with Gasteiger partial charge in [0.1, 0.15) is 0 Å². The van der Waals surface area contributed by atoms with E-state index in [1.54, 1.807) is 0 Å². The highest BCUT2D eigenvalue weighted by atomic mass is 16.2. The highest BCUT2D eigenvalue weighted by Crippen LogP contribution is 2.07. The average Bonchev–Trinajstić information content (AvgIpc) is 2.69. The zero-order valence-electron chi connectivity index (χ0n) is 16.1. The van der Waals surface area contributed by atoms with Gasteiger partial charge in [-0.25, -0.2) is 0 Å². The second-order valence-corrected chi connectivity index (χ2v) is 7.03. The summed E-state index contributed by atoms with van der Waals surface area (Å²) in [5.41, 5.74) is 2.15. The van der Waals surface area contributed by atoms with Crippen LogP contribution in [0.5, 0.6) is 0 Å². The molecule has 0 bridgehead atoms. The van der Waals surface area contributed by atoms with E-state index in [9.17, 15) is 9.59 Å². The number of rotatable bonds is 10. The third kappa shape index (κ3) is 8.05. The van der Waals surface area contributed by atoms with Crippen LogP contribution in [0.15, 0.2) is 60.7 Å². The van der Waals surface area contributed by atoms with E-state index in [4.69, 9.17) is 0 Å². The SMILES string of the molecule is CC(C)CC(NCc1ccccc1)C(=O)NCC(=O)NCc1ccccc1. The van der Waals surface area contributed by atoms with Crippen molar-refractivity contribution in [1.82, 2.24) is 16.0 Å². The van der Waals surface area contributed by atoms with Crippen molar-refractivity contribution in [3.05, 3.63) is 71.8 Å². The summed E-state index contributed by atoms with van der Waals surface area (Å²) >= 11 is 0. The smallest absolute Gasteiger partial charge is 0.239 e. The standard InChI is InChI=1S/C22H29N3O2/c1-17(2)13-20(23-14-18-9-5-3-6-10-18)22(27)25-16-21(26)24-15-19-11-7-4-8-12-19/h3-12,17,20,23H,13-16H2,1-2H3,(H,24,26)(H,25,27). The normalized spacial score (nSPS) is 11.8. The molecule has 2 amide bonds. The Morgan fingerprint density at radius 3 is 1.93 bits per heavy atom. The molecule has 2 aromatic rings. The summed E-state index contributed by atoms with van der Waals surface area (Å²) in [6.07, 6.45) is 0.713. The minimum atomic E-state index is -0.327. The molecule has 27 heavy (non-hydrogen) atoms. The monoisotopic (exact) mass is 367 g/mol. The molecule has 0 aliphatic carbocycles. The molecule has 0 aliphatic rings. The maximum absolute atomic E-state index is 12.5. The summed E-state index contributed by atoms with van der Waals surface area (Å²) in [5.74, 6) is 0.0315. The molecule has 0 aliphatic heterocycles. The molecule has 2 aromatic carbocycles. The second kappa shape index (κ2) is 11.1. The third-order valence-electron chi connectivity index (χ3n) is 4.17. The average molecular weight is 367 g/mol. The molecular formula is C22H29N3O2. The predicted octanol–water partition coefficient (Wildman–Crippen LogP) is 2.62. The lowest BCUT2D eigenvalue weighted by molar-refractivity contribution is -0.127. The first-order chi connectivity index (χ1) is 13.0. The quantitative estimate of drug-likeness (QED) is 0.605. The first kappa shape index (κ1) is 20.6. The number of benzene rings is 2. The van der Waals surface area contributed by atoms with Crippen LogP contribution in [0.25, 0.3) is 0 Å². The molecule has 1 atom stereocenters. The molecule has 0 heterocycles. The van der Waals surface area contributed by atoms with Gasteiger partial charge in [-0.15, -0.1) is 0 Å². The first-order valence-electron chi connectivity index (χ1n) is 9.40. The lowest BCUT2D eigenvalue weighted by Gasteiger charge is -2.20. The summed E-state index contributed by atoms with van der Waals surface area (Å²) in [4.78, 5) is 24.5. The van der Waals surface area contributed by atoms with Crippen molar-refractivity contribution in [1.29, 1.82) is 0 Å². The summed E-state index contributed by atoms with van der Waals surface area (Å²) in [7, 11) is 0. The summed E-state index contributed by atoms with van der Waals surface area (Å²) in [6, 6.07) is 19.3. The van der Waals surface area contributed by atoms with Gasteiger partial charge in [0.15, 0.2) is 0 Å². The van der Waals surface area contributed by atoms with E-state index in [1.165, 1.54) is 0 Å². The summed E-state index contributed by atoms with van der Waals surface area (Å²) in [5, 5.41) is 8.87. The largest absolute Gasteiger partial charge is 0.350 e. The van der Waals surface area contributed by atoms with Gasteiger partial charge in [-0.05, 0) is 23.5 Å². The van der Waals surface area contributed by atoms with Crippen molar-refractivity contribution in [3.63, 3.8) is 0 Å². The fourth-order valence-electron chi connectivity index (χ4n) is 2.74. The minimum absolute atomic E-state index is 0.0206. The molecule has 0 fully saturated rings. The maximum Gasteiger partial charge on any atom is 0.239 e. The Labute approximate surface area is 161 Å². The maximum atomic E-state index is 12.5. The highest BCUT2D eigenvalue weighted by molar-refractivity contribution is 5.87. The van der Waals surface area contributed by atoms with Gasteiger partial charge in [-0.3, -0.25) is 9.59 Å². The van der Waals surface area contributed by atoms with E-state index in [0.717, 1.165) is 11.1 Å². The molecular weight excluding hydrogens is 338 g/mol. The van der Waals surface area contributed by atoms with E-state index < -0.39 is 0 Å². The predicted molar refractivity (Wildman–Crippen MR) is 108 cm³/mol. The number of amides is 2. The van der Waals surface area contributed by atoms with Gasteiger partial charge in [0.25, 0.3) is 0 Å². The fourth-order valence-corrected chi connectivity index (χ4v) is 2.74. The molecule has 0 aromatic heterocycles. The summed E-state index contributed by atoms with van der Waals surface area (Å²) in [6.45, 7) is 5.21. The van der Waals surface area contributed by atoms with E-state index in [1.807, 2.05) is 60.7 Å². The Hall–Kier alpha value is -2.66. The van der Waals surface area contributed by atoms with Crippen molar-refractivity contribution in [3.8, 4) is 0 Å². The molecule has 3 N–H and O–H groups in total. The minimum Gasteiger partial charge on any atom is -0.350 e. The molecule has 1 unspecified atom stereocenters. The number of hydrogen-bond donors (Lipinski definition) is 3. The van der Waals surface area contributed by atoms with Crippen LogP contribution in [0.3, 0.4) is 0 Å². The third-order valence-corrected chi connectivity index (χ3v) is 4.17. The van der Waals surface area contributed by atoms with Crippen molar-refractivity contribution >= 4 is 11.8 Å². The van der Waals surface area contributed by atoms with Gasteiger partial charge in [0.2, 0.25) is 11.8 Å². The Bertz CT molecular complexity index is 702. The van der Waals surface area contributed by atoms with E-state index in [2.05, 4.69) is 29.8 Å². The van der Waals surface area contributed by atoms with Crippen LogP contribution in [-0.2, 0) is 22.7 Å². The van der Waals surface area contributed by atoms with Crippen molar-refractivity contribution in [2.24, 2.45) is 5.92 Å². The second-order valence-electron chi connectivity index (χ2n) is 7.03. The number of nitrogens with one attached hydrogen (secondary N) is 3. The molecule has 5 heteroatoms. The van der Waals surface area contributed by atoms with Gasteiger partial charge in [0, 0.05) is 13.1 Å². The number of carbonyl (C=O) groups is 2. The van der Waals surface area contributed by atoms with Gasteiger partial charge < -0.3 is 16.0 Å². The van der Waals surface area contributed by atoms with Crippen molar-refractivity contribution in [2.45, 2.75) is 39.4 Å². The highest BCUT2D eigenvalue weighted by Gasteiger charge is 2.19. The Morgan fingerprint density at radius 1 is 0.815 bits per heavy atom. The van der Waals surface area contributed by atoms with Crippen molar-refractivity contribution < 1.29 is 9.59 Å². The Morgan fingerprint density at radius 2 is 1.37 bits per heavy atom. The van der Waals surface area contributed by atoms with E-state index in [-0.39, 0.29) is 24.4 Å². The summed E-state index contributed by atoms with van der Waals surface area (Å²) < 4.78 is 0. The van der Waals surface area contributed by atoms with Crippen LogP contribution in [0.4, 0.5) is 0 Å². The van der Waals surface area contributed by atoms with Gasteiger partial charge >= 0.3 is 0 Å². The lowest BCUT2D eigenvalue weighted by atomic mass is 10.0. The number of hydrogen-bond acceptors (Lipinski definition) is 3. The Balaban J connectivity index is 1.78. The molecule has 0 saturated carbocycles. The zero-order valence-corrected chi connectivity index (χ0v) is 16.1. The lowest BCUT2D eigenvalue weighted by Crippen LogP contribution is -2.47. The van der Waals surface area contributed by atoms with Gasteiger partial charge in [-0.1, -0.05) is 74.5 Å². The van der Waals surface area contributed by atoms with Gasteiger partial charge in [0.05, 0.1) is 12.6 Å². The van der Waals surface area contributed by atoms with Crippen LogP contribution < -0.4 is 16.0 Å². The molecule has 0 spiro atoms. The molecule has 5 nitrogen and oxygen atoms in total. The zero-order chi connectivity index (χ0) is 19.5. The first-order valence-corrected chi connectivity index (χ1v) is 9.40. The van der Waals surface area contributed by atoms with E-state index >= 15 is 0 Å².